The van der Waals surface area contributed by atoms with Gasteiger partial charge in [-0.1, -0.05) is 6.92 Å². The highest BCUT2D eigenvalue weighted by Gasteiger charge is 2.14. The zero-order chi connectivity index (χ0) is 13.8. The molecule has 2 aromatic heterocycles. The van der Waals surface area contributed by atoms with E-state index in [2.05, 4.69) is 10.4 Å². The monoisotopic (exact) mass is 279 g/mol. The lowest BCUT2D eigenvalue weighted by Gasteiger charge is -2.05. The van der Waals surface area contributed by atoms with Gasteiger partial charge in [0.2, 0.25) is 0 Å². The zero-order valence-corrected chi connectivity index (χ0v) is 11.1. The van der Waals surface area contributed by atoms with Gasteiger partial charge in [-0.15, -0.1) is 11.3 Å². The maximum Gasteiger partial charge on any atom is 0.336 e. The normalized spacial score (nSPS) is 10.4. The summed E-state index contributed by atoms with van der Waals surface area (Å²) < 4.78 is 1.63. The predicted octanol–water partition coefficient (Wildman–Crippen LogP) is 2.31. The Bertz CT molecular complexity index is 603. The quantitative estimate of drug-likeness (QED) is 0.879. The van der Waals surface area contributed by atoms with Crippen LogP contribution in [0.25, 0.3) is 0 Å². The van der Waals surface area contributed by atoms with Crippen molar-refractivity contribution in [2.24, 2.45) is 0 Å². The summed E-state index contributed by atoms with van der Waals surface area (Å²) in [5, 5.41) is 17.5. The largest absolute Gasteiger partial charge is 0.478 e. The Morgan fingerprint density at radius 1 is 1.53 bits per heavy atom. The number of aryl methyl sites for hydroxylation is 1. The number of nitrogens with one attached hydrogen (secondary N) is 1. The molecule has 0 aliphatic rings. The summed E-state index contributed by atoms with van der Waals surface area (Å²) in [6, 6.07) is 3.07. The second-order valence-electron chi connectivity index (χ2n) is 3.90. The topological polar surface area (TPSA) is 84.2 Å². The standard InChI is InChI=1S/C12H13N3O3S/c1-2-5-15-9(3-4-13-15)11(16)14-10-6-8(7-19-10)12(17)18/h3-4,6-7H,2,5H2,1H3,(H,14,16)(H,17,18). The number of carbonyl (C=O) groups is 2. The second kappa shape index (κ2) is 5.66. The van der Waals surface area contributed by atoms with E-state index in [0.29, 0.717) is 17.2 Å². The van der Waals surface area contributed by atoms with Crippen LogP contribution in [-0.2, 0) is 6.54 Å². The van der Waals surface area contributed by atoms with Gasteiger partial charge in [0.05, 0.1) is 10.6 Å². The average molecular weight is 279 g/mol. The van der Waals surface area contributed by atoms with Gasteiger partial charge < -0.3 is 10.4 Å². The molecule has 1 amide bonds. The van der Waals surface area contributed by atoms with E-state index in [1.54, 1.807) is 16.9 Å². The number of aromatic carboxylic acids is 1. The molecular formula is C12H13N3O3S. The molecular weight excluding hydrogens is 266 g/mol. The Labute approximate surface area is 113 Å². The number of aromatic nitrogens is 2. The van der Waals surface area contributed by atoms with Crippen LogP contribution in [0, 0.1) is 0 Å². The number of hydrogen-bond acceptors (Lipinski definition) is 4. The highest BCUT2D eigenvalue weighted by molar-refractivity contribution is 7.14. The van der Waals surface area contributed by atoms with Crippen molar-refractivity contribution in [2.45, 2.75) is 19.9 Å². The van der Waals surface area contributed by atoms with E-state index < -0.39 is 5.97 Å². The molecule has 7 heteroatoms. The summed E-state index contributed by atoms with van der Waals surface area (Å²) in [5.41, 5.74) is 0.634. The summed E-state index contributed by atoms with van der Waals surface area (Å²) in [4.78, 5) is 22.8. The van der Waals surface area contributed by atoms with E-state index in [1.165, 1.54) is 22.8 Å². The Hall–Kier alpha value is -2.15. The van der Waals surface area contributed by atoms with Crippen molar-refractivity contribution in [2.75, 3.05) is 5.32 Å². The van der Waals surface area contributed by atoms with Crippen molar-refractivity contribution < 1.29 is 14.7 Å². The van der Waals surface area contributed by atoms with Crippen molar-refractivity contribution in [3.8, 4) is 0 Å². The minimum absolute atomic E-state index is 0.169. The van der Waals surface area contributed by atoms with Gasteiger partial charge in [0.1, 0.15) is 5.69 Å². The summed E-state index contributed by atoms with van der Waals surface area (Å²) >= 11 is 1.18. The van der Waals surface area contributed by atoms with Gasteiger partial charge in [0.15, 0.2) is 0 Å². The van der Waals surface area contributed by atoms with E-state index in [1.807, 2.05) is 6.92 Å². The lowest BCUT2D eigenvalue weighted by molar-refractivity contribution is 0.0697. The molecule has 100 valence electrons. The van der Waals surface area contributed by atoms with Crippen molar-refractivity contribution in [3.63, 3.8) is 0 Å². The molecule has 0 bridgehead atoms. The zero-order valence-electron chi connectivity index (χ0n) is 10.3. The molecule has 2 aromatic rings. The lowest BCUT2D eigenvalue weighted by Crippen LogP contribution is -2.17. The maximum absolute atomic E-state index is 12.0. The first-order valence-electron chi connectivity index (χ1n) is 5.76. The minimum atomic E-state index is -1.01. The molecule has 2 rings (SSSR count). The molecule has 0 radical (unpaired) electrons. The van der Waals surface area contributed by atoms with Gasteiger partial charge in [0, 0.05) is 18.1 Å². The third-order valence-corrected chi connectivity index (χ3v) is 3.31. The molecule has 0 spiro atoms. The highest BCUT2D eigenvalue weighted by Crippen LogP contribution is 2.21. The van der Waals surface area contributed by atoms with E-state index in [-0.39, 0.29) is 11.5 Å². The van der Waals surface area contributed by atoms with E-state index in [9.17, 15) is 9.59 Å². The number of carboxylic acid groups (broad SMARTS) is 1. The number of hydrogen-bond donors (Lipinski definition) is 2. The predicted molar refractivity (Wildman–Crippen MR) is 71.7 cm³/mol. The molecule has 0 aromatic carbocycles. The molecule has 2 N–H and O–H groups in total. The molecule has 0 atom stereocenters. The van der Waals surface area contributed by atoms with Gasteiger partial charge >= 0.3 is 5.97 Å². The lowest BCUT2D eigenvalue weighted by atomic mass is 10.3. The fourth-order valence-electron chi connectivity index (χ4n) is 1.61. The highest BCUT2D eigenvalue weighted by atomic mass is 32.1. The summed E-state index contributed by atoms with van der Waals surface area (Å²) in [6.07, 6.45) is 2.45. The number of rotatable bonds is 5. The van der Waals surface area contributed by atoms with Gasteiger partial charge in [0.25, 0.3) is 5.91 Å². The Kier molecular flexibility index (Phi) is 3.96. The maximum atomic E-state index is 12.0. The van der Waals surface area contributed by atoms with Crippen LogP contribution in [0.15, 0.2) is 23.7 Å². The van der Waals surface area contributed by atoms with Gasteiger partial charge in [-0.05, 0) is 18.6 Å². The number of amides is 1. The number of anilines is 1. The third kappa shape index (κ3) is 3.00. The number of thiophene rings is 1. The number of nitrogens with zero attached hydrogens (tertiary/aromatic N) is 2. The van der Waals surface area contributed by atoms with Crippen LogP contribution in [0.4, 0.5) is 5.00 Å². The first-order chi connectivity index (χ1) is 9.11. The summed E-state index contributed by atoms with van der Waals surface area (Å²) in [5.74, 6) is -1.29. The third-order valence-electron chi connectivity index (χ3n) is 2.47. The van der Waals surface area contributed by atoms with E-state index in [0.717, 1.165) is 6.42 Å². The number of carbonyl (C=O) groups excluding carboxylic acids is 1. The fraction of sp³-hybridized carbons (Fsp3) is 0.250. The average Bonchev–Trinajstić information content (AvgIpc) is 2.98. The molecule has 0 fully saturated rings. The molecule has 0 unspecified atom stereocenters. The van der Waals surface area contributed by atoms with Crippen LogP contribution in [0.2, 0.25) is 0 Å². The van der Waals surface area contributed by atoms with Crippen molar-refractivity contribution in [1.82, 2.24) is 9.78 Å². The van der Waals surface area contributed by atoms with Crippen molar-refractivity contribution in [3.05, 3.63) is 35.0 Å². The first-order valence-corrected chi connectivity index (χ1v) is 6.64. The van der Waals surface area contributed by atoms with Crippen molar-refractivity contribution in [1.29, 1.82) is 0 Å². The van der Waals surface area contributed by atoms with Crippen LogP contribution in [0.5, 0.6) is 0 Å². The molecule has 0 aliphatic heterocycles. The van der Waals surface area contributed by atoms with Crippen LogP contribution in [0.3, 0.4) is 0 Å². The molecule has 2 heterocycles. The van der Waals surface area contributed by atoms with Gasteiger partial charge in [-0.25, -0.2) is 4.79 Å². The molecule has 6 nitrogen and oxygen atoms in total. The minimum Gasteiger partial charge on any atom is -0.478 e. The van der Waals surface area contributed by atoms with E-state index in [4.69, 9.17) is 5.11 Å². The molecule has 0 saturated carbocycles. The Morgan fingerprint density at radius 3 is 2.95 bits per heavy atom. The summed E-state index contributed by atoms with van der Waals surface area (Å²) in [6.45, 7) is 2.67. The second-order valence-corrected chi connectivity index (χ2v) is 4.81. The van der Waals surface area contributed by atoms with Crippen LogP contribution < -0.4 is 5.32 Å². The Balaban J connectivity index is 2.11. The molecule has 0 saturated heterocycles. The fourth-order valence-corrected chi connectivity index (χ4v) is 2.37. The number of carboxylic acids is 1. The van der Waals surface area contributed by atoms with Gasteiger partial charge in [-0.3, -0.25) is 9.48 Å². The van der Waals surface area contributed by atoms with Crippen molar-refractivity contribution >= 4 is 28.2 Å². The first kappa shape index (κ1) is 13.3. The van der Waals surface area contributed by atoms with Crippen LogP contribution >= 0.6 is 11.3 Å². The van der Waals surface area contributed by atoms with Gasteiger partial charge in [-0.2, -0.15) is 5.10 Å². The molecule has 0 aliphatic carbocycles. The molecule has 19 heavy (non-hydrogen) atoms. The SMILES string of the molecule is CCCn1nccc1C(=O)Nc1cc(C(=O)O)cs1. The smallest absolute Gasteiger partial charge is 0.336 e. The Morgan fingerprint density at radius 2 is 2.32 bits per heavy atom. The van der Waals surface area contributed by atoms with Crippen LogP contribution in [0.1, 0.15) is 34.2 Å². The summed E-state index contributed by atoms with van der Waals surface area (Å²) in [7, 11) is 0. The van der Waals surface area contributed by atoms with Crippen LogP contribution in [-0.4, -0.2) is 26.8 Å². The van der Waals surface area contributed by atoms with E-state index >= 15 is 0 Å².